The minimum absolute atomic E-state index is 0.0417. The summed E-state index contributed by atoms with van der Waals surface area (Å²) in [6, 6.07) is 1.58. The van der Waals surface area contributed by atoms with E-state index in [0.29, 0.717) is 22.2 Å². The van der Waals surface area contributed by atoms with Crippen molar-refractivity contribution in [2.45, 2.75) is 12.8 Å². The summed E-state index contributed by atoms with van der Waals surface area (Å²) < 4.78 is 0. The van der Waals surface area contributed by atoms with Crippen LogP contribution in [0.25, 0.3) is 0 Å². The Labute approximate surface area is 85.3 Å². The maximum atomic E-state index is 10.3. The second-order valence-corrected chi connectivity index (χ2v) is 3.29. The first-order valence-corrected chi connectivity index (χ1v) is 4.37. The molecular weight excluding hydrogens is 213 g/mol. The van der Waals surface area contributed by atoms with Crippen LogP contribution >= 0.6 is 23.2 Å². The van der Waals surface area contributed by atoms with E-state index in [1.807, 2.05) is 0 Å². The minimum atomic E-state index is -0.857. The van der Waals surface area contributed by atoms with Crippen molar-refractivity contribution >= 4 is 29.2 Å². The van der Waals surface area contributed by atoms with Crippen LogP contribution in [0.4, 0.5) is 0 Å². The molecule has 13 heavy (non-hydrogen) atoms. The molecule has 0 aromatic carbocycles. The predicted molar refractivity (Wildman–Crippen MR) is 50.2 cm³/mol. The monoisotopic (exact) mass is 219 g/mol. The van der Waals surface area contributed by atoms with Crippen LogP contribution in [0.5, 0.6) is 0 Å². The molecular formula is C8H7Cl2NO2. The number of pyridine rings is 1. The highest BCUT2D eigenvalue weighted by molar-refractivity contribution is 6.32. The average Bonchev–Trinajstić information content (AvgIpc) is 2.06. The summed E-state index contributed by atoms with van der Waals surface area (Å²) in [5.41, 5.74) is 0.712. The molecule has 0 saturated carbocycles. The Morgan fingerprint density at radius 1 is 1.54 bits per heavy atom. The van der Waals surface area contributed by atoms with Crippen molar-refractivity contribution in [3.63, 3.8) is 0 Å². The number of halogens is 2. The van der Waals surface area contributed by atoms with Gasteiger partial charge >= 0.3 is 5.97 Å². The molecule has 70 valence electrons. The van der Waals surface area contributed by atoms with Gasteiger partial charge in [-0.15, -0.1) is 0 Å². The van der Waals surface area contributed by atoms with E-state index in [-0.39, 0.29) is 6.42 Å². The van der Waals surface area contributed by atoms with Crippen LogP contribution in [-0.4, -0.2) is 16.1 Å². The molecule has 1 aromatic rings. The maximum Gasteiger partial charge on any atom is 0.303 e. The first-order valence-electron chi connectivity index (χ1n) is 3.61. The second kappa shape index (κ2) is 4.44. The zero-order valence-electron chi connectivity index (χ0n) is 6.63. The third-order valence-corrected chi connectivity index (χ3v) is 2.06. The van der Waals surface area contributed by atoms with E-state index in [9.17, 15) is 4.79 Å². The van der Waals surface area contributed by atoms with Crippen molar-refractivity contribution in [1.82, 2.24) is 4.98 Å². The lowest BCUT2D eigenvalue weighted by Crippen LogP contribution is -1.98. The summed E-state index contributed by atoms with van der Waals surface area (Å²) in [7, 11) is 0. The molecule has 0 amide bonds. The molecule has 0 unspecified atom stereocenters. The van der Waals surface area contributed by atoms with Crippen LogP contribution in [0.1, 0.15) is 12.0 Å². The van der Waals surface area contributed by atoms with E-state index in [1.165, 1.54) is 6.20 Å². The van der Waals surface area contributed by atoms with Gasteiger partial charge in [-0.05, 0) is 18.1 Å². The third-order valence-electron chi connectivity index (χ3n) is 1.51. The Balaban J connectivity index is 2.75. The van der Waals surface area contributed by atoms with Crippen LogP contribution in [0.15, 0.2) is 12.3 Å². The molecule has 0 bridgehead atoms. The van der Waals surface area contributed by atoms with Crippen molar-refractivity contribution in [1.29, 1.82) is 0 Å². The van der Waals surface area contributed by atoms with Gasteiger partial charge in [-0.3, -0.25) is 4.79 Å². The van der Waals surface area contributed by atoms with Crippen molar-refractivity contribution in [2.24, 2.45) is 0 Å². The zero-order chi connectivity index (χ0) is 9.84. The van der Waals surface area contributed by atoms with Gasteiger partial charge in [0.25, 0.3) is 0 Å². The normalized spacial score (nSPS) is 10.0. The number of rotatable bonds is 3. The third kappa shape index (κ3) is 3.20. The first-order chi connectivity index (χ1) is 6.09. The minimum Gasteiger partial charge on any atom is -0.481 e. The second-order valence-electron chi connectivity index (χ2n) is 2.49. The van der Waals surface area contributed by atoms with Crippen LogP contribution in [0.3, 0.4) is 0 Å². The van der Waals surface area contributed by atoms with Crippen molar-refractivity contribution in [3.8, 4) is 0 Å². The Bertz CT molecular complexity index is 328. The van der Waals surface area contributed by atoms with Crippen LogP contribution < -0.4 is 0 Å². The summed E-state index contributed by atoms with van der Waals surface area (Å²) in [5.74, 6) is -0.857. The summed E-state index contributed by atoms with van der Waals surface area (Å²) in [6.45, 7) is 0. The first kappa shape index (κ1) is 10.3. The van der Waals surface area contributed by atoms with E-state index in [0.717, 1.165) is 0 Å². The van der Waals surface area contributed by atoms with Gasteiger partial charge in [0.2, 0.25) is 0 Å². The van der Waals surface area contributed by atoms with Gasteiger partial charge < -0.3 is 5.11 Å². The van der Waals surface area contributed by atoms with Gasteiger partial charge in [0.1, 0.15) is 5.15 Å². The molecule has 1 rings (SSSR count). The molecule has 0 spiro atoms. The summed E-state index contributed by atoms with van der Waals surface area (Å²) in [5, 5.41) is 9.22. The molecule has 0 saturated heterocycles. The summed E-state index contributed by atoms with van der Waals surface area (Å²) >= 11 is 11.4. The number of aryl methyl sites for hydroxylation is 1. The Morgan fingerprint density at radius 3 is 2.85 bits per heavy atom. The molecule has 0 aliphatic carbocycles. The predicted octanol–water partition coefficient (Wildman–Crippen LogP) is 2.41. The fourth-order valence-electron chi connectivity index (χ4n) is 0.884. The molecule has 5 heteroatoms. The van der Waals surface area contributed by atoms with E-state index in [1.54, 1.807) is 6.07 Å². The van der Waals surface area contributed by atoms with Gasteiger partial charge in [0.15, 0.2) is 0 Å². The van der Waals surface area contributed by atoms with Gasteiger partial charge in [0, 0.05) is 12.6 Å². The highest BCUT2D eigenvalue weighted by Gasteiger charge is 2.04. The van der Waals surface area contributed by atoms with Gasteiger partial charge in [-0.25, -0.2) is 4.98 Å². The number of carbonyl (C=O) groups is 1. The van der Waals surface area contributed by atoms with Gasteiger partial charge in [0.05, 0.1) is 5.02 Å². The lowest BCUT2D eigenvalue weighted by molar-refractivity contribution is -0.136. The molecule has 3 nitrogen and oxygen atoms in total. The fourth-order valence-corrected chi connectivity index (χ4v) is 1.26. The molecule has 0 radical (unpaired) electrons. The number of carboxylic acid groups (broad SMARTS) is 1. The van der Waals surface area contributed by atoms with E-state index in [4.69, 9.17) is 28.3 Å². The quantitative estimate of drug-likeness (QED) is 0.795. The Hall–Kier alpha value is -0.800. The zero-order valence-corrected chi connectivity index (χ0v) is 8.14. The SMILES string of the molecule is O=C(O)CCc1cc(Cl)ncc1Cl. The molecule has 1 heterocycles. The highest BCUT2D eigenvalue weighted by atomic mass is 35.5. The molecule has 0 aliphatic rings. The average molecular weight is 220 g/mol. The Morgan fingerprint density at radius 2 is 2.23 bits per heavy atom. The largest absolute Gasteiger partial charge is 0.481 e. The van der Waals surface area contributed by atoms with Crippen molar-refractivity contribution < 1.29 is 9.90 Å². The number of nitrogens with zero attached hydrogens (tertiary/aromatic N) is 1. The number of carboxylic acids is 1. The van der Waals surface area contributed by atoms with E-state index < -0.39 is 5.97 Å². The summed E-state index contributed by atoms with van der Waals surface area (Å²) in [6.07, 6.45) is 1.83. The molecule has 0 fully saturated rings. The number of hydrogen-bond acceptors (Lipinski definition) is 2. The van der Waals surface area contributed by atoms with Crippen LogP contribution in [0.2, 0.25) is 10.2 Å². The fraction of sp³-hybridized carbons (Fsp3) is 0.250. The van der Waals surface area contributed by atoms with Crippen molar-refractivity contribution in [2.75, 3.05) is 0 Å². The standard InChI is InChI=1S/C8H7Cl2NO2/c9-6-4-11-7(10)3-5(6)1-2-8(12)13/h3-4H,1-2H2,(H,12,13). The van der Waals surface area contributed by atoms with E-state index in [2.05, 4.69) is 4.98 Å². The van der Waals surface area contributed by atoms with E-state index >= 15 is 0 Å². The number of hydrogen-bond donors (Lipinski definition) is 1. The van der Waals surface area contributed by atoms with Crippen molar-refractivity contribution in [3.05, 3.63) is 28.0 Å². The molecule has 0 aliphatic heterocycles. The van der Waals surface area contributed by atoms with Gasteiger partial charge in [-0.1, -0.05) is 23.2 Å². The van der Waals surface area contributed by atoms with Crippen LogP contribution in [-0.2, 0) is 11.2 Å². The van der Waals surface area contributed by atoms with Crippen LogP contribution in [0, 0.1) is 0 Å². The molecule has 1 N–H and O–H groups in total. The lowest BCUT2D eigenvalue weighted by atomic mass is 10.1. The number of aliphatic carboxylic acids is 1. The highest BCUT2D eigenvalue weighted by Crippen LogP contribution is 2.19. The number of aromatic nitrogens is 1. The Kier molecular flexibility index (Phi) is 3.51. The molecule has 0 atom stereocenters. The smallest absolute Gasteiger partial charge is 0.303 e. The maximum absolute atomic E-state index is 10.3. The summed E-state index contributed by atoms with van der Waals surface area (Å²) in [4.78, 5) is 14.0. The molecule has 1 aromatic heterocycles. The van der Waals surface area contributed by atoms with Gasteiger partial charge in [-0.2, -0.15) is 0 Å². The lowest BCUT2D eigenvalue weighted by Gasteiger charge is -2.01. The topological polar surface area (TPSA) is 50.2 Å².